The summed E-state index contributed by atoms with van der Waals surface area (Å²) in [7, 11) is -0.483. The van der Waals surface area contributed by atoms with Gasteiger partial charge in [-0.2, -0.15) is 0 Å². The van der Waals surface area contributed by atoms with Gasteiger partial charge in [-0.15, -0.1) is 0 Å². The first-order valence-corrected chi connectivity index (χ1v) is 14.4. The second-order valence-corrected chi connectivity index (χ2v) is 12.4. The van der Waals surface area contributed by atoms with Gasteiger partial charge in [0.15, 0.2) is 0 Å². The molecule has 4 heterocycles. The van der Waals surface area contributed by atoms with E-state index in [9.17, 15) is 0 Å². The van der Waals surface area contributed by atoms with Crippen molar-refractivity contribution in [2.24, 2.45) is 0 Å². The Morgan fingerprint density at radius 1 is 0.512 bits per heavy atom. The number of benzene rings is 5. The number of rotatable bonds is 2. The van der Waals surface area contributed by atoms with Crippen LogP contribution in [0.4, 0.5) is 0 Å². The molecule has 1 fully saturated rings. The summed E-state index contributed by atoms with van der Waals surface area (Å²) < 4.78 is 18.3. The van der Waals surface area contributed by atoms with E-state index >= 15 is 0 Å². The molecule has 9 rings (SSSR count). The van der Waals surface area contributed by atoms with Gasteiger partial charge in [-0.3, -0.25) is 0 Å². The summed E-state index contributed by atoms with van der Waals surface area (Å²) in [5, 5.41) is 7.52. The minimum Gasteiger partial charge on any atom is -0.399 e. The van der Waals surface area contributed by atoms with Crippen molar-refractivity contribution in [2.45, 2.75) is 38.9 Å². The molecule has 4 nitrogen and oxygen atoms in total. The predicted molar refractivity (Wildman–Crippen MR) is 171 cm³/mol. The maximum atomic E-state index is 6.69. The lowest BCUT2D eigenvalue weighted by atomic mass is 9.77. The molecule has 0 amide bonds. The zero-order valence-corrected chi connectivity index (χ0v) is 23.6. The highest BCUT2D eigenvalue weighted by molar-refractivity contribution is 6.66. The smallest absolute Gasteiger partial charge is 0.399 e. The molecule has 0 unspecified atom stereocenters. The molecular weight excluding hydrogens is 503 g/mol. The average Bonchev–Trinajstić information content (AvgIpc) is 3.54. The Balaban J connectivity index is 1.56. The third-order valence-corrected chi connectivity index (χ3v) is 9.69. The first-order valence-electron chi connectivity index (χ1n) is 14.4. The maximum Gasteiger partial charge on any atom is 0.497 e. The SMILES string of the molecule is CC1(C)OB(c2ccc3c4cccc5c6ccccc6n(c6cccc7c6c3c2n7-c2ccccc2)c45)OC1(C)C. The van der Waals surface area contributed by atoms with Gasteiger partial charge in [-0.05, 0) is 63.4 Å². The van der Waals surface area contributed by atoms with Gasteiger partial charge < -0.3 is 18.3 Å². The molecule has 5 heteroatoms. The molecule has 0 bridgehead atoms. The number of hydrogen-bond acceptors (Lipinski definition) is 2. The Hall–Kier alpha value is -4.32. The van der Waals surface area contributed by atoms with Gasteiger partial charge in [0.1, 0.15) is 0 Å². The molecule has 0 aliphatic carbocycles. The standard InChI is InChI=1S/C36H29BN2O2/c1-35(2)36(3,4)41-37(40-35)27-21-20-24-26-16-10-15-25-23-14-8-9-17-28(23)39(33(25)26)30-19-11-18-29-32(30)31(24)34(27)38(29)22-12-6-5-7-13-22/h5-21H,1-4H3. The lowest BCUT2D eigenvalue weighted by molar-refractivity contribution is 0.00578. The highest BCUT2D eigenvalue weighted by atomic mass is 16.7. The zero-order chi connectivity index (χ0) is 27.7. The normalized spacial score (nSPS) is 16.9. The van der Waals surface area contributed by atoms with Crippen LogP contribution in [0.2, 0.25) is 0 Å². The minimum absolute atomic E-state index is 0.436. The molecule has 8 aromatic rings. The third-order valence-electron chi connectivity index (χ3n) is 9.69. The van der Waals surface area contributed by atoms with Gasteiger partial charge in [0, 0.05) is 38.1 Å². The number of para-hydroxylation sites is 3. The van der Waals surface area contributed by atoms with E-state index in [1.165, 1.54) is 54.4 Å². The van der Waals surface area contributed by atoms with Crippen molar-refractivity contribution in [2.75, 3.05) is 0 Å². The van der Waals surface area contributed by atoms with Crippen LogP contribution in [0.1, 0.15) is 27.7 Å². The Morgan fingerprint density at radius 3 is 1.90 bits per heavy atom. The molecule has 0 atom stereocenters. The van der Waals surface area contributed by atoms with Crippen molar-refractivity contribution < 1.29 is 9.31 Å². The van der Waals surface area contributed by atoms with Crippen LogP contribution in [0.25, 0.3) is 65.6 Å². The van der Waals surface area contributed by atoms with E-state index < -0.39 is 18.3 Å². The molecule has 1 aliphatic heterocycles. The van der Waals surface area contributed by atoms with Gasteiger partial charge in [-0.25, -0.2) is 0 Å². The summed E-state index contributed by atoms with van der Waals surface area (Å²) in [4.78, 5) is 0. The quantitative estimate of drug-likeness (QED) is 0.210. The number of aromatic nitrogens is 2. The lowest BCUT2D eigenvalue weighted by Gasteiger charge is -2.32. The summed E-state index contributed by atoms with van der Waals surface area (Å²) in [5.41, 5.74) is 7.30. The average molecular weight is 532 g/mol. The van der Waals surface area contributed by atoms with Crippen molar-refractivity contribution in [3.05, 3.63) is 103 Å². The van der Waals surface area contributed by atoms with E-state index in [0.717, 1.165) is 16.7 Å². The van der Waals surface area contributed by atoms with E-state index in [-0.39, 0.29) is 0 Å². The predicted octanol–water partition coefficient (Wildman–Crippen LogP) is 8.23. The van der Waals surface area contributed by atoms with Crippen LogP contribution in [0.5, 0.6) is 0 Å². The van der Waals surface area contributed by atoms with Gasteiger partial charge >= 0.3 is 7.12 Å². The van der Waals surface area contributed by atoms with Crippen LogP contribution in [0.15, 0.2) is 103 Å². The molecule has 0 radical (unpaired) electrons. The van der Waals surface area contributed by atoms with E-state index in [4.69, 9.17) is 9.31 Å². The van der Waals surface area contributed by atoms with E-state index in [2.05, 4.69) is 140 Å². The van der Waals surface area contributed by atoms with Gasteiger partial charge in [0.2, 0.25) is 0 Å². The third kappa shape index (κ3) is 2.87. The lowest BCUT2D eigenvalue weighted by Crippen LogP contribution is -2.41. The molecule has 0 spiro atoms. The van der Waals surface area contributed by atoms with Crippen LogP contribution >= 0.6 is 0 Å². The van der Waals surface area contributed by atoms with Crippen LogP contribution < -0.4 is 5.46 Å². The van der Waals surface area contributed by atoms with Crippen LogP contribution in [-0.4, -0.2) is 27.3 Å². The van der Waals surface area contributed by atoms with Crippen molar-refractivity contribution in [3.63, 3.8) is 0 Å². The van der Waals surface area contributed by atoms with Crippen molar-refractivity contribution >= 4 is 72.5 Å². The molecule has 41 heavy (non-hydrogen) atoms. The molecule has 5 aromatic carbocycles. The molecule has 0 N–H and O–H groups in total. The zero-order valence-electron chi connectivity index (χ0n) is 23.6. The minimum atomic E-state index is -0.483. The summed E-state index contributed by atoms with van der Waals surface area (Å²) in [5.74, 6) is 0. The summed E-state index contributed by atoms with van der Waals surface area (Å²) >= 11 is 0. The van der Waals surface area contributed by atoms with Gasteiger partial charge in [-0.1, -0.05) is 72.8 Å². The summed E-state index contributed by atoms with van der Waals surface area (Å²) in [6.45, 7) is 8.49. The monoisotopic (exact) mass is 532 g/mol. The summed E-state index contributed by atoms with van der Waals surface area (Å²) in [6.07, 6.45) is 0. The number of fused-ring (bicyclic) bond motifs is 5. The second-order valence-electron chi connectivity index (χ2n) is 12.4. The largest absolute Gasteiger partial charge is 0.497 e. The molecule has 0 saturated carbocycles. The van der Waals surface area contributed by atoms with Gasteiger partial charge in [0.05, 0.1) is 38.8 Å². The fourth-order valence-corrected chi connectivity index (χ4v) is 7.09. The van der Waals surface area contributed by atoms with E-state index in [0.29, 0.717) is 0 Å². The first kappa shape index (κ1) is 23.4. The Labute approximate surface area is 238 Å². The topological polar surface area (TPSA) is 27.8 Å². The van der Waals surface area contributed by atoms with Crippen LogP contribution in [0.3, 0.4) is 0 Å². The van der Waals surface area contributed by atoms with Crippen LogP contribution in [0, 0.1) is 0 Å². The fourth-order valence-electron chi connectivity index (χ4n) is 7.09. The number of nitrogens with zero attached hydrogens (tertiary/aromatic N) is 2. The summed E-state index contributed by atoms with van der Waals surface area (Å²) in [6, 6.07) is 37.4. The molecule has 198 valence electrons. The molecular formula is C36H29BN2O2. The van der Waals surface area contributed by atoms with Gasteiger partial charge in [0.25, 0.3) is 0 Å². The Morgan fingerprint density at radius 2 is 1.12 bits per heavy atom. The van der Waals surface area contributed by atoms with Crippen molar-refractivity contribution in [1.82, 2.24) is 8.97 Å². The fraction of sp³-hybridized carbons (Fsp3) is 0.167. The highest BCUT2D eigenvalue weighted by Crippen LogP contribution is 2.44. The second kappa shape index (κ2) is 7.70. The number of hydrogen-bond donors (Lipinski definition) is 0. The first-order chi connectivity index (χ1) is 19.9. The highest BCUT2D eigenvalue weighted by Gasteiger charge is 2.52. The van der Waals surface area contributed by atoms with Crippen molar-refractivity contribution in [1.29, 1.82) is 0 Å². The molecule has 1 saturated heterocycles. The molecule has 1 aliphatic rings. The van der Waals surface area contributed by atoms with E-state index in [1.807, 2.05) is 0 Å². The van der Waals surface area contributed by atoms with Crippen LogP contribution in [-0.2, 0) is 9.31 Å². The Kier molecular flexibility index (Phi) is 4.39. The maximum absolute atomic E-state index is 6.69. The Bertz CT molecular complexity index is 2310. The molecule has 3 aromatic heterocycles. The van der Waals surface area contributed by atoms with E-state index in [1.54, 1.807) is 0 Å². The van der Waals surface area contributed by atoms with Crippen molar-refractivity contribution in [3.8, 4) is 5.69 Å².